The maximum Gasteiger partial charge on any atom is 0.385 e. The van der Waals surface area contributed by atoms with E-state index in [1.807, 2.05) is 36.4 Å². The molecule has 1 N–H and O–H groups in total. The fourth-order valence-electron chi connectivity index (χ4n) is 1.31. The number of rotatable bonds is 2. The Morgan fingerprint density at radius 2 is 1.38 bits per heavy atom. The van der Waals surface area contributed by atoms with Gasteiger partial charge in [-0.1, -0.05) is 11.6 Å². The third-order valence-corrected chi connectivity index (χ3v) is 2.37. The van der Waals surface area contributed by atoms with Gasteiger partial charge in [-0.2, -0.15) is 0 Å². The van der Waals surface area contributed by atoms with Gasteiger partial charge in [-0.15, -0.1) is 0 Å². The molecule has 0 saturated heterocycles. The van der Waals surface area contributed by atoms with E-state index >= 15 is 0 Å². The van der Waals surface area contributed by atoms with Gasteiger partial charge in [-0.3, -0.25) is 0 Å². The predicted molar refractivity (Wildman–Crippen MR) is 65.9 cm³/mol. The van der Waals surface area contributed by atoms with E-state index in [-0.39, 0.29) is 0 Å². The lowest BCUT2D eigenvalue weighted by Crippen LogP contribution is -1.88. The highest BCUT2D eigenvalue weighted by Gasteiger charge is 2.02. The lowest BCUT2D eigenvalue weighted by molar-refractivity contribution is 1.46. The first kappa shape index (κ1) is 10.5. The summed E-state index contributed by atoms with van der Waals surface area (Å²) < 4.78 is 0. The third-order valence-electron chi connectivity index (χ3n) is 2.12. The van der Waals surface area contributed by atoms with Crippen LogP contribution in [-0.4, -0.2) is 0 Å². The Bertz CT molecular complexity index is 511. The lowest BCUT2D eigenvalue weighted by Gasteiger charge is -2.04. The molecule has 0 aromatic heterocycles. The lowest BCUT2D eigenvalue weighted by atomic mass is 10.2. The predicted octanol–water partition coefficient (Wildman–Crippen LogP) is 4.57. The number of anilines is 2. The smallest absolute Gasteiger partial charge is 0.356 e. The Hall–Kier alpha value is -2.05. The summed E-state index contributed by atoms with van der Waals surface area (Å²) >= 11 is 5.79. The molecule has 2 rings (SSSR count). The highest BCUT2D eigenvalue weighted by atomic mass is 35.5. The van der Waals surface area contributed by atoms with Crippen molar-refractivity contribution in [2.75, 3.05) is 5.32 Å². The zero-order valence-corrected chi connectivity index (χ0v) is 9.15. The van der Waals surface area contributed by atoms with Crippen LogP contribution < -0.4 is 5.32 Å². The highest BCUT2D eigenvalue weighted by Crippen LogP contribution is 2.21. The first-order chi connectivity index (χ1) is 7.78. The summed E-state index contributed by atoms with van der Waals surface area (Å²) in [6, 6.07) is 14.5. The van der Waals surface area contributed by atoms with Crippen LogP contribution in [0.3, 0.4) is 0 Å². The van der Waals surface area contributed by atoms with Crippen LogP contribution in [0.15, 0.2) is 48.5 Å². The van der Waals surface area contributed by atoms with Crippen LogP contribution in [0.5, 0.6) is 0 Å². The standard InChI is InChI=1S/C12H9ClN3/c13-9-1-3-10(4-2-9)15-11-5-7-12(16-14)8-6-11/h1-8,15H/q+1. The molecule has 0 bridgehead atoms. The molecule has 0 radical (unpaired) electrons. The monoisotopic (exact) mass is 230 g/mol. The van der Waals surface area contributed by atoms with Crippen LogP contribution in [0.2, 0.25) is 5.02 Å². The molecular weight excluding hydrogens is 222 g/mol. The number of nitrogens with zero attached hydrogens (tertiary/aromatic N) is 2. The van der Waals surface area contributed by atoms with E-state index in [2.05, 4.69) is 10.3 Å². The Labute approximate surface area is 98.3 Å². The zero-order valence-electron chi connectivity index (χ0n) is 8.39. The first-order valence-electron chi connectivity index (χ1n) is 4.76. The van der Waals surface area contributed by atoms with Crippen molar-refractivity contribution in [3.05, 3.63) is 58.5 Å². The topological polar surface area (TPSA) is 40.2 Å². The van der Waals surface area contributed by atoms with Gasteiger partial charge in [0.25, 0.3) is 0 Å². The second-order valence-electron chi connectivity index (χ2n) is 3.28. The Balaban J connectivity index is 2.15. The maximum atomic E-state index is 8.54. The maximum absolute atomic E-state index is 8.54. The molecule has 0 aliphatic carbocycles. The molecule has 78 valence electrons. The van der Waals surface area contributed by atoms with E-state index in [9.17, 15) is 0 Å². The average molecular weight is 231 g/mol. The normalized spacial score (nSPS) is 9.50. The van der Waals surface area contributed by atoms with E-state index in [0.29, 0.717) is 10.7 Å². The summed E-state index contributed by atoms with van der Waals surface area (Å²) in [6.07, 6.45) is 0. The SMILES string of the molecule is N#[N+]c1ccc(Nc2ccc(Cl)cc2)cc1. The van der Waals surface area contributed by atoms with Gasteiger partial charge in [0.2, 0.25) is 5.39 Å². The molecule has 3 nitrogen and oxygen atoms in total. The van der Waals surface area contributed by atoms with E-state index in [1.54, 1.807) is 12.1 Å². The van der Waals surface area contributed by atoms with E-state index in [0.717, 1.165) is 11.4 Å². The minimum Gasteiger partial charge on any atom is -0.356 e. The van der Waals surface area contributed by atoms with E-state index < -0.39 is 0 Å². The summed E-state index contributed by atoms with van der Waals surface area (Å²) in [7, 11) is 0. The minimum absolute atomic E-state index is 0.529. The van der Waals surface area contributed by atoms with Crippen molar-refractivity contribution >= 4 is 28.7 Å². The second-order valence-corrected chi connectivity index (χ2v) is 3.72. The van der Waals surface area contributed by atoms with Crippen molar-refractivity contribution in [1.29, 1.82) is 5.39 Å². The Morgan fingerprint density at radius 3 is 1.88 bits per heavy atom. The average Bonchev–Trinajstić information content (AvgIpc) is 2.33. The van der Waals surface area contributed by atoms with Crippen LogP contribution >= 0.6 is 11.6 Å². The van der Waals surface area contributed by atoms with Crippen LogP contribution in [0.25, 0.3) is 4.98 Å². The molecular formula is C12H9ClN3+. The first-order valence-corrected chi connectivity index (χ1v) is 5.13. The summed E-state index contributed by atoms with van der Waals surface area (Å²) in [6.45, 7) is 0. The van der Waals surface area contributed by atoms with Gasteiger partial charge >= 0.3 is 5.69 Å². The van der Waals surface area contributed by atoms with Crippen molar-refractivity contribution in [2.45, 2.75) is 0 Å². The van der Waals surface area contributed by atoms with Crippen molar-refractivity contribution in [3.63, 3.8) is 0 Å². The van der Waals surface area contributed by atoms with Crippen molar-refractivity contribution < 1.29 is 0 Å². The van der Waals surface area contributed by atoms with Gasteiger partial charge in [0, 0.05) is 28.5 Å². The van der Waals surface area contributed by atoms with Gasteiger partial charge in [-0.25, -0.2) is 0 Å². The molecule has 4 heteroatoms. The number of benzene rings is 2. The molecule has 0 heterocycles. The fraction of sp³-hybridized carbons (Fsp3) is 0. The number of halogens is 1. The van der Waals surface area contributed by atoms with Crippen molar-refractivity contribution in [3.8, 4) is 0 Å². The van der Waals surface area contributed by atoms with Crippen molar-refractivity contribution in [2.24, 2.45) is 0 Å². The molecule has 0 aliphatic rings. The van der Waals surface area contributed by atoms with Crippen molar-refractivity contribution in [1.82, 2.24) is 0 Å². The Morgan fingerprint density at radius 1 is 0.875 bits per heavy atom. The minimum atomic E-state index is 0.529. The van der Waals surface area contributed by atoms with Crippen LogP contribution in [0.4, 0.5) is 17.1 Å². The van der Waals surface area contributed by atoms with Gasteiger partial charge in [0.1, 0.15) is 0 Å². The molecule has 0 fully saturated rings. The molecule has 0 unspecified atom stereocenters. The van der Waals surface area contributed by atoms with Crippen LogP contribution in [-0.2, 0) is 0 Å². The molecule has 16 heavy (non-hydrogen) atoms. The van der Waals surface area contributed by atoms with Crippen LogP contribution in [0, 0.1) is 5.39 Å². The summed E-state index contributed by atoms with van der Waals surface area (Å²) in [5, 5.41) is 12.4. The summed E-state index contributed by atoms with van der Waals surface area (Å²) in [5.41, 5.74) is 2.41. The summed E-state index contributed by atoms with van der Waals surface area (Å²) in [4.78, 5) is 3.09. The largest absolute Gasteiger partial charge is 0.385 e. The van der Waals surface area contributed by atoms with E-state index in [4.69, 9.17) is 17.0 Å². The molecule has 0 spiro atoms. The molecule has 2 aromatic rings. The molecule has 0 atom stereocenters. The van der Waals surface area contributed by atoms with Gasteiger partial charge in [0.05, 0.1) is 0 Å². The number of hydrogen-bond donors (Lipinski definition) is 1. The van der Waals surface area contributed by atoms with Gasteiger partial charge in [-0.05, 0) is 36.4 Å². The molecule has 2 aromatic carbocycles. The molecule has 0 amide bonds. The third kappa shape index (κ3) is 2.50. The van der Waals surface area contributed by atoms with Gasteiger partial charge in [0.15, 0.2) is 4.98 Å². The van der Waals surface area contributed by atoms with Crippen LogP contribution in [0.1, 0.15) is 0 Å². The van der Waals surface area contributed by atoms with Gasteiger partial charge < -0.3 is 5.32 Å². The van der Waals surface area contributed by atoms with E-state index in [1.165, 1.54) is 0 Å². The quantitative estimate of drug-likeness (QED) is 0.768. The molecule has 0 saturated carbocycles. The molecule has 0 aliphatic heterocycles. The number of hydrogen-bond acceptors (Lipinski definition) is 2. The summed E-state index contributed by atoms with van der Waals surface area (Å²) in [5.74, 6) is 0. The second kappa shape index (κ2) is 4.65. The zero-order chi connectivity index (χ0) is 11.4. The fourth-order valence-corrected chi connectivity index (χ4v) is 1.44. The number of nitrogens with one attached hydrogen (secondary N) is 1. The highest BCUT2D eigenvalue weighted by molar-refractivity contribution is 6.30. The Kier molecular flexibility index (Phi) is 3.04. The number of diazo groups is 1.